The standard InChI is InChI=1S/C22H36N4O/c1-16(2)15-26-18(4)20(17(3)24-26)10-11-22(27)23-14-19-8-7-13-25-12-6-5-9-21(19)25/h19,21H,1,5-15H2,2-4H3,(H,23,27)/t19-,21-/m0/s1. The van der Waals surface area contributed by atoms with Crippen LogP contribution >= 0.6 is 0 Å². The van der Waals surface area contributed by atoms with Crippen molar-refractivity contribution in [2.24, 2.45) is 5.92 Å². The van der Waals surface area contributed by atoms with Crippen LogP contribution in [0.1, 0.15) is 62.4 Å². The highest BCUT2D eigenvalue weighted by atomic mass is 16.1. The Morgan fingerprint density at radius 3 is 2.78 bits per heavy atom. The van der Waals surface area contributed by atoms with Gasteiger partial charge >= 0.3 is 0 Å². The zero-order valence-electron chi connectivity index (χ0n) is 17.4. The number of rotatable bonds is 7. The lowest BCUT2D eigenvalue weighted by Crippen LogP contribution is -2.51. The van der Waals surface area contributed by atoms with Gasteiger partial charge in [0.05, 0.1) is 12.2 Å². The first-order valence-electron chi connectivity index (χ1n) is 10.6. The van der Waals surface area contributed by atoms with E-state index >= 15 is 0 Å². The maximum atomic E-state index is 12.5. The van der Waals surface area contributed by atoms with Crippen molar-refractivity contribution < 1.29 is 4.79 Å². The van der Waals surface area contributed by atoms with Crippen LogP contribution in [-0.4, -0.2) is 46.3 Å². The van der Waals surface area contributed by atoms with Gasteiger partial charge in [-0.05, 0) is 77.4 Å². The van der Waals surface area contributed by atoms with Crippen LogP contribution in [0.15, 0.2) is 12.2 Å². The van der Waals surface area contributed by atoms with Gasteiger partial charge in [-0.1, -0.05) is 18.6 Å². The smallest absolute Gasteiger partial charge is 0.220 e. The van der Waals surface area contributed by atoms with Crippen molar-refractivity contribution in [3.8, 4) is 0 Å². The van der Waals surface area contributed by atoms with Crippen LogP contribution in [0.5, 0.6) is 0 Å². The summed E-state index contributed by atoms with van der Waals surface area (Å²) in [6.07, 6.45) is 7.83. The Hall–Kier alpha value is -1.62. The Labute approximate surface area is 164 Å². The molecule has 3 rings (SSSR count). The van der Waals surface area contributed by atoms with Gasteiger partial charge < -0.3 is 10.2 Å². The van der Waals surface area contributed by atoms with Crippen LogP contribution in [0, 0.1) is 19.8 Å². The molecule has 3 heterocycles. The molecule has 0 aliphatic carbocycles. The van der Waals surface area contributed by atoms with Gasteiger partial charge in [-0.2, -0.15) is 5.10 Å². The molecule has 0 unspecified atom stereocenters. The van der Waals surface area contributed by atoms with Gasteiger partial charge in [0.25, 0.3) is 0 Å². The van der Waals surface area contributed by atoms with Crippen molar-refractivity contribution in [1.29, 1.82) is 0 Å². The lowest BCUT2D eigenvalue weighted by Gasteiger charge is -2.44. The number of piperidine rings is 2. The Bertz CT molecular complexity index is 676. The summed E-state index contributed by atoms with van der Waals surface area (Å²) in [4.78, 5) is 15.1. The van der Waals surface area contributed by atoms with Crippen molar-refractivity contribution in [3.63, 3.8) is 0 Å². The highest BCUT2D eigenvalue weighted by Gasteiger charge is 2.32. The quantitative estimate of drug-likeness (QED) is 0.747. The van der Waals surface area contributed by atoms with Crippen LogP contribution in [0.2, 0.25) is 0 Å². The maximum Gasteiger partial charge on any atom is 0.220 e. The van der Waals surface area contributed by atoms with E-state index in [1.807, 2.05) is 18.5 Å². The summed E-state index contributed by atoms with van der Waals surface area (Å²) in [6.45, 7) is 14.2. The molecule has 1 amide bonds. The van der Waals surface area contributed by atoms with Crippen molar-refractivity contribution in [2.75, 3.05) is 19.6 Å². The molecule has 150 valence electrons. The number of carbonyl (C=O) groups excluding carboxylic acids is 1. The molecule has 1 aromatic rings. The summed E-state index contributed by atoms with van der Waals surface area (Å²) < 4.78 is 2.00. The second-order valence-corrected chi connectivity index (χ2v) is 8.57. The SMILES string of the molecule is C=C(C)Cn1nc(C)c(CCC(=O)NC[C@@H]2CCCN3CCCC[C@@H]23)c1C. The fourth-order valence-electron chi connectivity index (χ4n) is 4.89. The minimum absolute atomic E-state index is 0.175. The number of nitrogens with one attached hydrogen (secondary N) is 1. The number of hydrogen-bond donors (Lipinski definition) is 1. The molecule has 5 heteroatoms. The molecule has 2 saturated heterocycles. The first-order chi connectivity index (χ1) is 13.0. The first-order valence-corrected chi connectivity index (χ1v) is 10.6. The fraction of sp³-hybridized carbons (Fsp3) is 0.727. The maximum absolute atomic E-state index is 12.5. The van der Waals surface area contributed by atoms with Crippen LogP contribution < -0.4 is 5.32 Å². The van der Waals surface area contributed by atoms with Gasteiger partial charge in [0, 0.05) is 24.7 Å². The Morgan fingerprint density at radius 1 is 1.22 bits per heavy atom. The van der Waals surface area contributed by atoms with E-state index in [0.717, 1.165) is 36.5 Å². The Kier molecular flexibility index (Phi) is 6.74. The molecular weight excluding hydrogens is 336 g/mol. The molecule has 0 spiro atoms. The fourth-order valence-corrected chi connectivity index (χ4v) is 4.89. The van der Waals surface area contributed by atoms with Gasteiger partial charge in [0.15, 0.2) is 0 Å². The van der Waals surface area contributed by atoms with E-state index in [0.29, 0.717) is 18.4 Å². The number of hydrogen-bond acceptors (Lipinski definition) is 3. The zero-order chi connectivity index (χ0) is 19.4. The third-order valence-electron chi connectivity index (χ3n) is 6.34. The number of allylic oxidation sites excluding steroid dienone is 1. The number of aromatic nitrogens is 2. The molecule has 2 fully saturated rings. The predicted molar refractivity (Wildman–Crippen MR) is 110 cm³/mol. The molecule has 2 aliphatic rings. The third kappa shape index (κ3) is 5.01. The monoisotopic (exact) mass is 372 g/mol. The van der Waals surface area contributed by atoms with Crippen molar-refractivity contribution in [2.45, 2.75) is 78.3 Å². The molecule has 27 heavy (non-hydrogen) atoms. The van der Waals surface area contributed by atoms with Gasteiger partial charge in [0.2, 0.25) is 5.91 Å². The molecule has 2 aliphatic heterocycles. The van der Waals surface area contributed by atoms with E-state index in [9.17, 15) is 4.79 Å². The molecule has 0 bridgehead atoms. The summed E-state index contributed by atoms with van der Waals surface area (Å²) >= 11 is 0. The highest BCUT2D eigenvalue weighted by Crippen LogP contribution is 2.30. The number of aryl methyl sites for hydroxylation is 1. The Morgan fingerprint density at radius 2 is 2.00 bits per heavy atom. The average Bonchev–Trinajstić information content (AvgIpc) is 2.90. The number of fused-ring (bicyclic) bond motifs is 1. The summed E-state index contributed by atoms with van der Waals surface area (Å²) in [5.41, 5.74) is 4.50. The highest BCUT2D eigenvalue weighted by molar-refractivity contribution is 5.76. The van der Waals surface area contributed by atoms with Gasteiger partial charge in [0.1, 0.15) is 0 Å². The van der Waals surface area contributed by atoms with E-state index in [-0.39, 0.29) is 5.91 Å². The summed E-state index contributed by atoms with van der Waals surface area (Å²) in [6, 6.07) is 0.692. The normalized spacial score (nSPS) is 23.1. The van der Waals surface area contributed by atoms with E-state index in [2.05, 4.69) is 28.8 Å². The van der Waals surface area contributed by atoms with Crippen molar-refractivity contribution in [1.82, 2.24) is 20.0 Å². The number of amides is 1. The first kappa shape index (κ1) is 20.1. The van der Waals surface area contributed by atoms with E-state index < -0.39 is 0 Å². The largest absolute Gasteiger partial charge is 0.356 e. The van der Waals surface area contributed by atoms with Crippen LogP contribution in [0.3, 0.4) is 0 Å². The minimum Gasteiger partial charge on any atom is -0.356 e. The molecule has 5 nitrogen and oxygen atoms in total. The molecular formula is C22H36N4O. The number of carbonyl (C=O) groups is 1. The van der Waals surface area contributed by atoms with E-state index in [4.69, 9.17) is 0 Å². The van der Waals surface area contributed by atoms with Crippen LogP contribution in [0.4, 0.5) is 0 Å². The van der Waals surface area contributed by atoms with Crippen molar-refractivity contribution >= 4 is 5.91 Å². The Balaban J connectivity index is 1.48. The van der Waals surface area contributed by atoms with Crippen LogP contribution in [0.25, 0.3) is 0 Å². The average molecular weight is 373 g/mol. The number of nitrogens with zero attached hydrogens (tertiary/aromatic N) is 3. The van der Waals surface area contributed by atoms with Crippen LogP contribution in [-0.2, 0) is 17.8 Å². The minimum atomic E-state index is 0.175. The van der Waals surface area contributed by atoms with E-state index in [1.54, 1.807) is 0 Å². The van der Waals surface area contributed by atoms with Crippen molar-refractivity contribution in [3.05, 3.63) is 29.1 Å². The van der Waals surface area contributed by atoms with E-state index in [1.165, 1.54) is 50.8 Å². The molecule has 0 saturated carbocycles. The molecule has 0 aromatic carbocycles. The molecule has 2 atom stereocenters. The predicted octanol–water partition coefficient (Wildman–Crippen LogP) is 3.39. The zero-order valence-corrected chi connectivity index (χ0v) is 17.4. The second kappa shape index (κ2) is 9.05. The summed E-state index contributed by atoms with van der Waals surface area (Å²) in [7, 11) is 0. The van der Waals surface area contributed by atoms with Gasteiger partial charge in [-0.25, -0.2) is 0 Å². The lowest BCUT2D eigenvalue weighted by atomic mass is 9.83. The molecule has 0 radical (unpaired) electrons. The van der Waals surface area contributed by atoms with Gasteiger partial charge in [-0.3, -0.25) is 9.48 Å². The summed E-state index contributed by atoms with van der Waals surface area (Å²) in [5, 5.41) is 7.84. The third-order valence-corrected chi connectivity index (χ3v) is 6.34. The second-order valence-electron chi connectivity index (χ2n) is 8.57. The van der Waals surface area contributed by atoms with Gasteiger partial charge in [-0.15, -0.1) is 0 Å². The molecule has 1 aromatic heterocycles. The summed E-state index contributed by atoms with van der Waals surface area (Å²) in [5.74, 6) is 0.805. The lowest BCUT2D eigenvalue weighted by molar-refractivity contribution is -0.121. The molecule has 1 N–H and O–H groups in total. The topological polar surface area (TPSA) is 50.2 Å².